The number of hydrogen-bond acceptors (Lipinski definition) is 4. The van der Waals surface area contributed by atoms with E-state index in [-0.39, 0.29) is 5.54 Å². The Hall–Kier alpha value is -0.940. The highest BCUT2D eigenvalue weighted by atomic mass is 16.5. The molecule has 0 amide bonds. The Bertz CT molecular complexity index is 513. The van der Waals surface area contributed by atoms with E-state index in [0.29, 0.717) is 24.0 Å². The number of rotatable bonds is 7. The Balaban J connectivity index is 1.50. The Morgan fingerprint density at radius 3 is 2.76 bits per heavy atom. The largest absolute Gasteiger partial charge is 0.379 e. The van der Waals surface area contributed by atoms with E-state index in [4.69, 9.17) is 4.74 Å². The Labute approximate surface area is 153 Å². The summed E-state index contributed by atoms with van der Waals surface area (Å²) in [6, 6.07) is 12.2. The van der Waals surface area contributed by atoms with Crippen LogP contribution >= 0.6 is 0 Å². The molecule has 2 aliphatic rings. The lowest BCUT2D eigenvalue weighted by atomic mass is 9.93. The molecule has 140 valence electrons. The molecule has 1 saturated carbocycles. The maximum absolute atomic E-state index is 5.69. The second-order valence-corrected chi connectivity index (χ2v) is 8.38. The second kappa shape index (κ2) is 8.63. The molecule has 25 heavy (non-hydrogen) atoms. The molecule has 4 nitrogen and oxygen atoms in total. The monoisotopic (exact) mass is 345 g/mol. The molecule has 0 spiro atoms. The summed E-state index contributed by atoms with van der Waals surface area (Å²) in [5.41, 5.74) is 1.40. The summed E-state index contributed by atoms with van der Waals surface area (Å²) in [4.78, 5) is 0. The van der Waals surface area contributed by atoms with E-state index in [2.05, 4.69) is 67.1 Å². The lowest BCUT2D eigenvalue weighted by Gasteiger charge is -2.36. The van der Waals surface area contributed by atoms with Gasteiger partial charge in [0, 0.05) is 36.8 Å². The van der Waals surface area contributed by atoms with Crippen LogP contribution < -0.4 is 16.0 Å². The van der Waals surface area contributed by atoms with Crippen molar-refractivity contribution >= 4 is 0 Å². The molecule has 4 heteroatoms. The average molecular weight is 346 g/mol. The summed E-state index contributed by atoms with van der Waals surface area (Å²) >= 11 is 0. The first-order valence-corrected chi connectivity index (χ1v) is 9.92. The van der Waals surface area contributed by atoms with E-state index < -0.39 is 0 Å². The van der Waals surface area contributed by atoms with Crippen molar-refractivity contribution in [1.82, 2.24) is 16.0 Å². The third-order valence-corrected chi connectivity index (χ3v) is 5.75. The van der Waals surface area contributed by atoms with Crippen molar-refractivity contribution in [1.29, 1.82) is 0 Å². The molecule has 0 bridgehead atoms. The fourth-order valence-electron chi connectivity index (χ4n) is 4.43. The minimum atomic E-state index is 0.0545. The van der Waals surface area contributed by atoms with Crippen LogP contribution in [0, 0.1) is 5.92 Å². The summed E-state index contributed by atoms with van der Waals surface area (Å²) < 4.78 is 5.69. The third kappa shape index (κ3) is 5.27. The Kier molecular flexibility index (Phi) is 6.50. The first-order chi connectivity index (χ1) is 12.1. The molecule has 4 unspecified atom stereocenters. The van der Waals surface area contributed by atoms with Crippen LogP contribution in [-0.4, -0.2) is 43.9 Å². The van der Waals surface area contributed by atoms with Gasteiger partial charge in [-0.25, -0.2) is 0 Å². The van der Waals surface area contributed by atoms with Crippen molar-refractivity contribution in [3.05, 3.63) is 35.9 Å². The molecular weight excluding hydrogens is 310 g/mol. The van der Waals surface area contributed by atoms with E-state index in [0.717, 1.165) is 26.3 Å². The summed E-state index contributed by atoms with van der Waals surface area (Å²) in [5.74, 6) is 0.697. The quantitative estimate of drug-likeness (QED) is 0.711. The summed E-state index contributed by atoms with van der Waals surface area (Å²) in [6.07, 6.45) is 3.93. The molecule has 1 saturated heterocycles. The minimum absolute atomic E-state index is 0.0545. The lowest BCUT2D eigenvalue weighted by Crippen LogP contribution is -2.55. The topological polar surface area (TPSA) is 45.3 Å². The fourth-order valence-corrected chi connectivity index (χ4v) is 4.43. The molecule has 1 heterocycles. The molecular formula is C21H35N3O. The van der Waals surface area contributed by atoms with Gasteiger partial charge in [-0.2, -0.15) is 0 Å². The molecule has 2 fully saturated rings. The van der Waals surface area contributed by atoms with Crippen molar-refractivity contribution in [2.24, 2.45) is 5.92 Å². The predicted molar refractivity (Wildman–Crippen MR) is 104 cm³/mol. The SMILES string of the molecule is CC(NC(C)(C)CNC1CCCC1C1COCCN1)c1ccccc1. The Morgan fingerprint density at radius 1 is 1.24 bits per heavy atom. The van der Waals surface area contributed by atoms with Gasteiger partial charge in [-0.3, -0.25) is 0 Å². The highest BCUT2D eigenvalue weighted by Crippen LogP contribution is 2.30. The number of ether oxygens (including phenoxy) is 1. The smallest absolute Gasteiger partial charge is 0.0623 e. The number of benzene rings is 1. The van der Waals surface area contributed by atoms with Crippen LogP contribution in [0.1, 0.15) is 51.6 Å². The van der Waals surface area contributed by atoms with Gasteiger partial charge in [0.15, 0.2) is 0 Å². The summed E-state index contributed by atoms with van der Waals surface area (Å²) in [5, 5.41) is 11.3. The Morgan fingerprint density at radius 2 is 2.04 bits per heavy atom. The highest BCUT2D eigenvalue weighted by Gasteiger charge is 2.35. The molecule has 1 aliphatic carbocycles. The maximum atomic E-state index is 5.69. The zero-order valence-corrected chi connectivity index (χ0v) is 16.1. The van der Waals surface area contributed by atoms with Gasteiger partial charge in [-0.05, 0) is 45.1 Å². The van der Waals surface area contributed by atoms with Gasteiger partial charge < -0.3 is 20.7 Å². The summed E-state index contributed by atoms with van der Waals surface area (Å²) in [6.45, 7) is 10.6. The van der Waals surface area contributed by atoms with Gasteiger partial charge in [-0.1, -0.05) is 36.8 Å². The van der Waals surface area contributed by atoms with Gasteiger partial charge in [-0.15, -0.1) is 0 Å². The first-order valence-electron chi connectivity index (χ1n) is 9.92. The lowest BCUT2D eigenvalue weighted by molar-refractivity contribution is 0.0520. The maximum Gasteiger partial charge on any atom is 0.0623 e. The van der Waals surface area contributed by atoms with Crippen LogP contribution in [-0.2, 0) is 4.74 Å². The standard InChI is InChI=1S/C21H35N3O/c1-16(17-8-5-4-6-9-17)24-21(2,3)15-23-19-11-7-10-18(19)20-14-25-13-12-22-20/h4-6,8-9,16,18-20,22-24H,7,10-15H2,1-3H3. The predicted octanol–water partition coefficient (Wildman–Crippen LogP) is 2.86. The van der Waals surface area contributed by atoms with E-state index in [1.54, 1.807) is 0 Å². The van der Waals surface area contributed by atoms with Crippen molar-refractivity contribution < 1.29 is 4.74 Å². The van der Waals surface area contributed by atoms with E-state index in [1.807, 2.05) is 0 Å². The van der Waals surface area contributed by atoms with Crippen LogP contribution in [0.25, 0.3) is 0 Å². The molecule has 4 atom stereocenters. The van der Waals surface area contributed by atoms with Crippen LogP contribution in [0.4, 0.5) is 0 Å². The van der Waals surface area contributed by atoms with Gasteiger partial charge in [0.05, 0.1) is 13.2 Å². The van der Waals surface area contributed by atoms with E-state index >= 15 is 0 Å². The van der Waals surface area contributed by atoms with Crippen molar-refractivity contribution in [3.63, 3.8) is 0 Å². The number of hydrogen-bond donors (Lipinski definition) is 3. The molecule has 0 aromatic heterocycles. The average Bonchev–Trinajstić information content (AvgIpc) is 3.10. The normalized spacial score (nSPS) is 28.8. The van der Waals surface area contributed by atoms with Gasteiger partial charge in [0.1, 0.15) is 0 Å². The van der Waals surface area contributed by atoms with Crippen molar-refractivity contribution in [2.75, 3.05) is 26.3 Å². The zero-order valence-electron chi connectivity index (χ0n) is 16.1. The van der Waals surface area contributed by atoms with Crippen LogP contribution in [0.5, 0.6) is 0 Å². The summed E-state index contributed by atoms with van der Waals surface area (Å²) in [7, 11) is 0. The molecule has 3 rings (SSSR count). The van der Waals surface area contributed by atoms with E-state index in [9.17, 15) is 0 Å². The zero-order chi connectivity index (χ0) is 17.7. The first kappa shape index (κ1) is 18.8. The van der Waals surface area contributed by atoms with Gasteiger partial charge in [0.2, 0.25) is 0 Å². The highest BCUT2D eigenvalue weighted by molar-refractivity contribution is 5.18. The molecule has 0 radical (unpaired) electrons. The molecule has 1 aliphatic heterocycles. The van der Waals surface area contributed by atoms with Crippen LogP contribution in [0.15, 0.2) is 30.3 Å². The third-order valence-electron chi connectivity index (χ3n) is 5.75. The van der Waals surface area contributed by atoms with Crippen LogP contribution in [0.3, 0.4) is 0 Å². The van der Waals surface area contributed by atoms with Crippen LogP contribution in [0.2, 0.25) is 0 Å². The van der Waals surface area contributed by atoms with Gasteiger partial charge >= 0.3 is 0 Å². The minimum Gasteiger partial charge on any atom is -0.379 e. The number of morpholine rings is 1. The molecule has 1 aromatic rings. The molecule has 1 aromatic carbocycles. The number of nitrogens with one attached hydrogen (secondary N) is 3. The van der Waals surface area contributed by atoms with Crippen molar-refractivity contribution in [3.8, 4) is 0 Å². The van der Waals surface area contributed by atoms with E-state index in [1.165, 1.54) is 24.8 Å². The second-order valence-electron chi connectivity index (χ2n) is 8.38. The molecule has 3 N–H and O–H groups in total. The fraction of sp³-hybridized carbons (Fsp3) is 0.714. The van der Waals surface area contributed by atoms with Gasteiger partial charge in [0.25, 0.3) is 0 Å². The van der Waals surface area contributed by atoms with Crippen molar-refractivity contribution in [2.45, 2.75) is 63.7 Å².